The summed E-state index contributed by atoms with van der Waals surface area (Å²) in [5.41, 5.74) is 7.59. The summed E-state index contributed by atoms with van der Waals surface area (Å²) >= 11 is 0. The second-order valence-electron chi connectivity index (χ2n) is 7.62. The maximum atomic E-state index is 12.4. The number of carbonyl (C=O) groups is 4. The van der Waals surface area contributed by atoms with Crippen LogP contribution in [0, 0.1) is 0 Å². The van der Waals surface area contributed by atoms with Crippen LogP contribution in [0.4, 0.5) is 10.6 Å². The summed E-state index contributed by atoms with van der Waals surface area (Å²) < 4.78 is 19.2. The van der Waals surface area contributed by atoms with E-state index < -0.39 is 24.0 Å². The lowest BCUT2D eigenvalue weighted by Crippen LogP contribution is -2.24. The topological polar surface area (TPSA) is 198 Å². The first-order valence-corrected chi connectivity index (χ1v) is 11.2. The van der Waals surface area contributed by atoms with Crippen LogP contribution in [0.3, 0.4) is 0 Å². The Morgan fingerprint density at radius 2 is 1.78 bits per heavy atom. The summed E-state index contributed by atoms with van der Waals surface area (Å²) in [7, 11) is 0. The van der Waals surface area contributed by atoms with Gasteiger partial charge in [-0.25, -0.2) is 23.7 Å². The zero-order valence-electron chi connectivity index (χ0n) is 20.6. The van der Waals surface area contributed by atoms with Gasteiger partial charge in [-0.05, 0) is 44.0 Å². The Bertz CT molecular complexity index is 1220. The average molecular weight is 520 g/mol. The number of carboxylic acids is 2. The third-order valence-corrected chi connectivity index (χ3v) is 4.77. The number of carboxylic acid groups (broad SMARTS) is 2. The van der Waals surface area contributed by atoms with Gasteiger partial charge in [-0.3, -0.25) is 9.59 Å². The van der Waals surface area contributed by atoms with Crippen LogP contribution in [-0.2, 0) is 23.8 Å². The number of esters is 1. The standard InChI is InChI=1S/C19H21N5O5.2C2H4O2/c1-2-27-18(25)15-4-3-9-23(15)19(26)28-10-12-5-8-16(29-12)13-6-7-14-17(20)21-11-22-24(13)14;2*1-2(3)4/h3-4,6-7,9,11-12,16H,2,5,8,10H2,1H3,(H2,20,21,22);2*1H3,(H,3,4). The summed E-state index contributed by atoms with van der Waals surface area (Å²) in [5.74, 6) is -1.84. The lowest BCUT2D eigenvalue weighted by molar-refractivity contribution is -0.135. The molecule has 37 heavy (non-hydrogen) atoms. The summed E-state index contributed by atoms with van der Waals surface area (Å²) in [5, 5.41) is 19.1. The summed E-state index contributed by atoms with van der Waals surface area (Å²) in [4.78, 5) is 46.2. The molecule has 0 aromatic carbocycles. The van der Waals surface area contributed by atoms with Crippen LogP contribution in [0.5, 0.6) is 0 Å². The Balaban J connectivity index is 0.000000530. The van der Waals surface area contributed by atoms with E-state index in [2.05, 4.69) is 10.1 Å². The first kappa shape index (κ1) is 28.8. The van der Waals surface area contributed by atoms with Gasteiger partial charge in [-0.1, -0.05) is 0 Å². The number of anilines is 1. The molecule has 200 valence electrons. The van der Waals surface area contributed by atoms with Crippen molar-refractivity contribution in [1.82, 2.24) is 19.2 Å². The van der Waals surface area contributed by atoms with Crippen LogP contribution in [0.1, 0.15) is 55.9 Å². The Hall–Kier alpha value is -4.46. The van der Waals surface area contributed by atoms with Gasteiger partial charge in [0.1, 0.15) is 30.2 Å². The average Bonchev–Trinajstić information content (AvgIpc) is 3.56. The molecule has 4 N–H and O–H groups in total. The second-order valence-corrected chi connectivity index (χ2v) is 7.62. The zero-order chi connectivity index (χ0) is 27.5. The van der Waals surface area contributed by atoms with E-state index in [9.17, 15) is 9.59 Å². The molecule has 2 atom stereocenters. The van der Waals surface area contributed by atoms with E-state index in [1.807, 2.05) is 12.1 Å². The van der Waals surface area contributed by atoms with Crippen molar-refractivity contribution in [3.05, 3.63) is 48.2 Å². The first-order valence-electron chi connectivity index (χ1n) is 11.2. The number of rotatable bonds is 5. The van der Waals surface area contributed by atoms with Crippen LogP contribution in [0.2, 0.25) is 0 Å². The van der Waals surface area contributed by atoms with Gasteiger partial charge in [-0.15, -0.1) is 0 Å². The highest BCUT2D eigenvalue weighted by Gasteiger charge is 2.30. The first-order chi connectivity index (χ1) is 17.5. The van der Waals surface area contributed by atoms with Crippen molar-refractivity contribution in [1.29, 1.82) is 0 Å². The van der Waals surface area contributed by atoms with Crippen LogP contribution in [-0.4, -0.2) is 72.7 Å². The van der Waals surface area contributed by atoms with Crippen molar-refractivity contribution >= 4 is 35.3 Å². The molecule has 0 bridgehead atoms. The normalized spacial score (nSPS) is 16.1. The molecule has 1 aliphatic heterocycles. The molecule has 0 amide bonds. The largest absolute Gasteiger partial charge is 0.481 e. The van der Waals surface area contributed by atoms with Gasteiger partial charge in [0, 0.05) is 20.0 Å². The molecule has 0 radical (unpaired) electrons. The highest BCUT2D eigenvalue weighted by atomic mass is 16.6. The van der Waals surface area contributed by atoms with Crippen LogP contribution in [0.15, 0.2) is 36.8 Å². The lowest BCUT2D eigenvalue weighted by atomic mass is 10.1. The fourth-order valence-corrected chi connectivity index (χ4v) is 3.41. The number of aliphatic carboxylic acids is 2. The number of nitrogen functional groups attached to an aromatic ring is 1. The van der Waals surface area contributed by atoms with E-state index in [1.165, 1.54) is 18.6 Å². The van der Waals surface area contributed by atoms with E-state index in [4.69, 9.17) is 39.7 Å². The molecule has 0 spiro atoms. The number of fused-ring (bicyclic) bond motifs is 1. The van der Waals surface area contributed by atoms with Gasteiger partial charge in [-0.2, -0.15) is 5.10 Å². The Kier molecular flexibility index (Phi) is 10.6. The van der Waals surface area contributed by atoms with Crippen LogP contribution < -0.4 is 5.73 Å². The molecular weight excluding hydrogens is 490 g/mol. The Labute approximate surface area is 211 Å². The number of nitrogens with zero attached hydrogens (tertiary/aromatic N) is 4. The Morgan fingerprint density at radius 3 is 2.43 bits per heavy atom. The van der Waals surface area contributed by atoms with E-state index in [0.29, 0.717) is 5.82 Å². The van der Waals surface area contributed by atoms with Crippen LogP contribution in [0.25, 0.3) is 5.52 Å². The number of aromatic nitrogens is 4. The van der Waals surface area contributed by atoms with Crippen molar-refractivity contribution in [2.75, 3.05) is 18.9 Å². The number of hydrogen-bond acceptors (Lipinski definition) is 10. The molecule has 4 rings (SSSR count). The minimum atomic E-state index is -0.833. The molecule has 3 aromatic heterocycles. The number of ether oxygens (including phenoxy) is 3. The maximum absolute atomic E-state index is 12.4. The van der Waals surface area contributed by atoms with Crippen molar-refractivity contribution in [3.63, 3.8) is 0 Å². The summed E-state index contributed by atoms with van der Waals surface area (Å²) in [6, 6.07) is 6.85. The zero-order valence-corrected chi connectivity index (χ0v) is 20.6. The molecule has 0 saturated carbocycles. The maximum Gasteiger partial charge on any atom is 0.418 e. The molecule has 14 heteroatoms. The van der Waals surface area contributed by atoms with E-state index in [-0.39, 0.29) is 31.1 Å². The lowest BCUT2D eigenvalue weighted by Gasteiger charge is -2.15. The minimum absolute atomic E-state index is 0.0796. The van der Waals surface area contributed by atoms with Crippen LogP contribution >= 0.6 is 0 Å². The van der Waals surface area contributed by atoms with Crippen molar-refractivity contribution in [2.45, 2.75) is 45.8 Å². The van der Waals surface area contributed by atoms with Gasteiger partial charge >= 0.3 is 12.1 Å². The molecule has 0 aliphatic carbocycles. The molecular formula is C23H29N5O9. The van der Waals surface area contributed by atoms with Crippen molar-refractivity contribution < 1.29 is 43.6 Å². The molecule has 4 heterocycles. The summed E-state index contributed by atoms with van der Waals surface area (Å²) in [6.07, 6.45) is 3.26. The molecule has 1 saturated heterocycles. The van der Waals surface area contributed by atoms with Crippen molar-refractivity contribution in [2.24, 2.45) is 0 Å². The van der Waals surface area contributed by atoms with Gasteiger partial charge in [0.05, 0.1) is 18.4 Å². The SMILES string of the molecule is CC(=O)O.CC(=O)O.CCOC(=O)c1cccn1C(=O)OCC1CCC(c2ccc3c(N)ncnn23)O1. The smallest absolute Gasteiger partial charge is 0.418 e. The van der Waals surface area contributed by atoms with E-state index in [1.54, 1.807) is 17.5 Å². The number of carbonyl (C=O) groups excluding carboxylic acids is 2. The van der Waals surface area contributed by atoms with Crippen molar-refractivity contribution in [3.8, 4) is 0 Å². The van der Waals surface area contributed by atoms with E-state index in [0.717, 1.165) is 42.5 Å². The fraction of sp³-hybridized carbons (Fsp3) is 0.391. The summed E-state index contributed by atoms with van der Waals surface area (Å²) in [6.45, 7) is 4.17. The molecule has 2 unspecified atom stereocenters. The number of nitrogens with two attached hydrogens (primary N) is 1. The highest BCUT2D eigenvalue weighted by Crippen LogP contribution is 2.34. The number of hydrogen-bond donors (Lipinski definition) is 3. The van der Waals surface area contributed by atoms with Gasteiger partial charge < -0.3 is 30.2 Å². The van der Waals surface area contributed by atoms with Gasteiger partial charge in [0.25, 0.3) is 11.9 Å². The minimum Gasteiger partial charge on any atom is -0.481 e. The second kappa shape index (κ2) is 13.6. The highest BCUT2D eigenvalue weighted by molar-refractivity contribution is 5.92. The monoisotopic (exact) mass is 519 g/mol. The van der Waals surface area contributed by atoms with E-state index >= 15 is 0 Å². The quantitative estimate of drug-likeness (QED) is 0.417. The molecule has 1 fully saturated rings. The molecule has 3 aromatic rings. The van der Waals surface area contributed by atoms with Gasteiger partial charge in [0.2, 0.25) is 0 Å². The molecule has 14 nitrogen and oxygen atoms in total. The Morgan fingerprint density at radius 1 is 1.11 bits per heavy atom. The predicted octanol–water partition coefficient (Wildman–Crippen LogP) is 2.38. The van der Waals surface area contributed by atoms with Gasteiger partial charge in [0.15, 0.2) is 5.82 Å². The molecule has 1 aliphatic rings. The third-order valence-electron chi connectivity index (χ3n) is 4.77. The third kappa shape index (κ3) is 8.31. The fourth-order valence-electron chi connectivity index (χ4n) is 3.41. The predicted molar refractivity (Wildman–Crippen MR) is 128 cm³/mol.